The van der Waals surface area contributed by atoms with E-state index in [2.05, 4.69) is 9.68 Å². The average molecular weight is 270 g/mol. The van der Waals surface area contributed by atoms with Gasteiger partial charge in [-0.15, -0.1) is 4.36 Å². The van der Waals surface area contributed by atoms with Gasteiger partial charge in [0.2, 0.25) is 0 Å². The highest BCUT2D eigenvalue weighted by atomic mass is 32.2. The van der Waals surface area contributed by atoms with Crippen LogP contribution in [0.4, 0.5) is 4.79 Å². The van der Waals surface area contributed by atoms with E-state index in [1.54, 1.807) is 12.1 Å². The predicted molar refractivity (Wildman–Crippen MR) is 71.0 cm³/mol. The van der Waals surface area contributed by atoms with Crippen molar-refractivity contribution >= 4 is 16.0 Å². The van der Waals surface area contributed by atoms with Gasteiger partial charge in [-0.05, 0) is 25.5 Å². The lowest BCUT2D eigenvalue weighted by Crippen LogP contribution is -2.22. The molecule has 18 heavy (non-hydrogen) atoms. The molecule has 0 spiro atoms. The van der Waals surface area contributed by atoms with E-state index in [0.29, 0.717) is 6.54 Å². The van der Waals surface area contributed by atoms with Gasteiger partial charge in [0.15, 0.2) is 10.0 Å². The van der Waals surface area contributed by atoms with Gasteiger partial charge in [-0.1, -0.05) is 31.0 Å². The van der Waals surface area contributed by atoms with Gasteiger partial charge >= 0.3 is 6.03 Å². The average Bonchev–Trinajstić information content (AvgIpc) is 2.29. The molecule has 0 bridgehead atoms. The summed E-state index contributed by atoms with van der Waals surface area (Å²) in [6, 6.07) is 5.66. The van der Waals surface area contributed by atoms with E-state index >= 15 is 0 Å². The summed E-state index contributed by atoms with van der Waals surface area (Å²) in [5.74, 6) is 0. The molecular formula is C12H18N2O3S. The zero-order valence-electron chi connectivity index (χ0n) is 10.5. The summed E-state index contributed by atoms with van der Waals surface area (Å²) >= 11 is 0. The summed E-state index contributed by atoms with van der Waals surface area (Å²) in [5, 5.41) is 2.48. The van der Waals surface area contributed by atoms with Gasteiger partial charge < -0.3 is 5.32 Å². The van der Waals surface area contributed by atoms with Crippen LogP contribution in [-0.2, 0) is 10.0 Å². The first-order valence-electron chi connectivity index (χ1n) is 5.80. The van der Waals surface area contributed by atoms with E-state index < -0.39 is 16.0 Å². The molecule has 0 heterocycles. The van der Waals surface area contributed by atoms with Crippen molar-refractivity contribution in [3.05, 3.63) is 29.8 Å². The van der Waals surface area contributed by atoms with Crippen LogP contribution in [0.3, 0.4) is 0 Å². The predicted octanol–water partition coefficient (Wildman–Crippen LogP) is 2.80. The van der Waals surface area contributed by atoms with Crippen LogP contribution in [0, 0.1) is 6.92 Å². The number of hydrogen-bond acceptors (Lipinski definition) is 2. The molecule has 0 saturated carbocycles. The summed E-state index contributed by atoms with van der Waals surface area (Å²) in [7, 11) is -3.65. The van der Waals surface area contributed by atoms with Gasteiger partial charge in [-0.2, -0.15) is 0 Å². The zero-order chi connectivity index (χ0) is 13.6. The van der Waals surface area contributed by atoms with Crippen molar-refractivity contribution in [1.82, 2.24) is 5.32 Å². The summed E-state index contributed by atoms with van der Waals surface area (Å²) in [6.07, 6.45) is 1.76. The number of aryl methyl sites for hydroxylation is 1. The third-order valence-electron chi connectivity index (χ3n) is 2.34. The standard InChI is InChI=1S/C12H18N2O3S/c1-3-4-9-13-12(15)14-18(16,17)11-7-5-10(2)6-8-11/h5-8H,3-4,9H2,1-2H3,(H2,13,14,15,16,17). The Morgan fingerprint density at radius 2 is 2.00 bits per heavy atom. The summed E-state index contributed by atoms with van der Waals surface area (Å²) in [5.41, 5.74) is 0.973. The van der Waals surface area contributed by atoms with Gasteiger partial charge in [-0.25, -0.2) is 9.00 Å². The number of carbonyl (C=O) groups is 1. The SMILES string of the molecule is CCCCNC(=O)N=S(=O)(O)c1ccc(C)cc1. The first-order valence-corrected chi connectivity index (χ1v) is 7.27. The molecule has 0 fully saturated rings. The Kier molecular flexibility index (Phi) is 5.30. The van der Waals surface area contributed by atoms with Crippen molar-refractivity contribution in [1.29, 1.82) is 0 Å². The Morgan fingerprint density at radius 1 is 1.39 bits per heavy atom. The molecule has 0 aliphatic rings. The molecule has 0 radical (unpaired) electrons. The normalized spacial score (nSPS) is 13.7. The maximum absolute atomic E-state index is 11.9. The van der Waals surface area contributed by atoms with Gasteiger partial charge in [0.05, 0.1) is 4.90 Å². The fourth-order valence-electron chi connectivity index (χ4n) is 1.29. The van der Waals surface area contributed by atoms with Crippen molar-refractivity contribution in [3.63, 3.8) is 0 Å². The number of benzene rings is 1. The molecular weight excluding hydrogens is 252 g/mol. The molecule has 1 rings (SSSR count). The van der Waals surface area contributed by atoms with Crippen molar-refractivity contribution < 1.29 is 13.6 Å². The molecule has 2 amide bonds. The second-order valence-corrected chi connectivity index (χ2v) is 5.63. The lowest BCUT2D eigenvalue weighted by Gasteiger charge is -2.04. The second kappa shape index (κ2) is 6.51. The number of nitrogens with zero attached hydrogens (tertiary/aromatic N) is 1. The number of amides is 2. The van der Waals surface area contributed by atoms with Crippen molar-refractivity contribution in [2.45, 2.75) is 31.6 Å². The quantitative estimate of drug-likeness (QED) is 0.826. The summed E-state index contributed by atoms with van der Waals surface area (Å²) in [4.78, 5) is 11.5. The fourth-order valence-corrected chi connectivity index (χ4v) is 2.17. The van der Waals surface area contributed by atoms with Crippen molar-refractivity contribution in [2.24, 2.45) is 4.36 Å². The molecule has 0 aliphatic heterocycles. The Morgan fingerprint density at radius 3 is 2.56 bits per heavy atom. The van der Waals surface area contributed by atoms with Gasteiger partial charge in [-0.3, -0.25) is 4.55 Å². The van der Waals surface area contributed by atoms with Gasteiger partial charge in [0.1, 0.15) is 0 Å². The lowest BCUT2D eigenvalue weighted by molar-refractivity contribution is 0.249. The zero-order valence-corrected chi connectivity index (χ0v) is 11.4. The molecule has 0 aliphatic carbocycles. The number of carbonyl (C=O) groups excluding carboxylic acids is 1. The summed E-state index contributed by atoms with van der Waals surface area (Å²) < 4.78 is 24.9. The van der Waals surface area contributed by atoms with Crippen LogP contribution in [0.25, 0.3) is 0 Å². The lowest BCUT2D eigenvalue weighted by atomic mass is 10.2. The van der Waals surface area contributed by atoms with Crippen LogP contribution in [0.15, 0.2) is 33.5 Å². The first-order chi connectivity index (χ1) is 8.45. The third-order valence-corrected chi connectivity index (χ3v) is 3.64. The molecule has 6 heteroatoms. The first kappa shape index (κ1) is 14.7. The highest BCUT2D eigenvalue weighted by Crippen LogP contribution is 2.12. The number of rotatable bonds is 4. The van der Waals surface area contributed by atoms with Crippen molar-refractivity contribution in [3.8, 4) is 0 Å². The molecule has 1 aromatic rings. The monoisotopic (exact) mass is 270 g/mol. The van der Waals surface area contributed by atoms with Crippen LogP contribution in [0.1, 0.15) is 25.3 Å². The smallest absolute Gasteiger partial charge is 0.336 e. The Labute approximate surface area is 108 Å². The largest absolute Gasteiger partial charge is 0.351 e. The maximum Gasteiger partial charge on any atom is 0.351 e. The molecule has 1 aromatic carbocycles. The van der Waals surface area contributed by atoms with Crippen LogP contribution in [0.2, 0.25) is 0 Å². The van der Waals surface area contributed by atoms with Crippen LogP contribution in [-0.4, -0.2) is 21.3 Å². The van der Waals surface area contributed by atoms with Crippen LogP contribution >= 0.6 is 0 Å². The van der Waals surface area contributed by atoms with Crippen molar-refractivity contribution in [2.75, 3.05) is 6.54 Å². The van der Waals surface area contributed by atoms with E-state index in [1.165, 1.54) is 12.1 Å². The molecule has 1 unspecified atom stereocenters. The Balaban J connectivity index is 2.82. The highest BCUT2D eigenvalue weighted by Gasteiger charge is 2.10. The molecule has 100 valence electrons. The van der Waals surface area contributed by atoms with Gasteiger partial charge in [0.25, 0.3) is 0 Å². The fraction of sp³-hybridized carbons (Fsp3) is 0.417. The van der Waals surface area contributed by atoms with E-state index in [4.69, 9.17) is 0 Å². The highest BCUT2D eigenvalue weighted by molar-refractivity contribution is 7.88. The Bertz CT molecular complexity index is 517. The van der Waals surface area contributed by atoms with Crippen LogP contribution < -0.4 is 5.32 Å². The minimum absolute atomic E-state index is 0.138. The third kappa shape index (κ3) is 4.46. The Hall–Kier alpha value is -1.40. The van der Waals surface area contributed by atoms with Gasteiger partial charge in [0, 0.05) is 6.54 Å². The van der Waals surface area contributed by atoms with E-state index in [0.717, 1.165) is 18.4 Å². The maximum atomic E-state index is 11.9. The number of urea groups is 1. The topological polar surface area (TPSA) is 78.8 Å². The van der Waals surface area contributed by atoms with E-state index in [-0.39, 0.29) is 4.90 Å². The molecule has 0 saturated heterocycles. The minimum atomic E-state index is -3.65. The second-order valence-electron chi connectivity index (χ2n) is 3.99. The summed E-state index contributed by atoms with van der Waals surface area (Å²) in [6.45, 7) is 4.32. The van der Waals surface area contributed by atoms with E-state index in [1.807, 2.05) is 13.8 Å². The molecule has 1 atom stereocenters. The minimum Gasteiger partial charge on any atom is -0.336 e. The van der Waals surface area contributed by atoms with Crippen LogP contribution in [0.5, 0.6) is 0 Å². The number of nitrogens with one attached hydrogen (secondary N) is 1. The number of unbranched alkanes of at least 4 members (excludes halogenated alkanes) is 1. The molecule has 0 aromatic heterocycles. The molecule has 2 N–H and O–H groups in total. The number of hydrogen-bond donors (Lipinski definition) is 2. The molecule has 5 nitrogen and oxygen atoms in total. The van der Waals surface area contributed by atoms with E-state index in [9.17, 15) is 13.6 Å².